The summed E-state index contributed by atoms with van der Waals surface area (Å²) in [4.78, 5) is 20.3. The van der Waals surface area contributed by atoms with Gasteiger partial charge in [0, 0.05) is 36.1 Å². The van der Waals surface area contributed by atoms with Crippen molar-refractivity contribution in [2.75, 3.05) is 13.7 Å². The van der Waals surface area contributed by atoms with Crippen LogP contribution in [0.15, 0.2) is 36.7 Å². The molecule has 0 unspecified atom stereocenters. The fourth-order valence-corrected chi connectivity index (χ4v) is 1.72. The highest BCUT2D eigenvalue weighted by Crippen LogP contribution is 2.19. The zero-order valence-electron chi connectivity index (χ0n) is 11.6. The van der Waals surface area contributed by atoms with Crippen LogP contribution < -0.4 is 10.1 Å². The van der Waals surface area contributed by atoms with Crippen molar-refractivity contribution in [3.8, 4) is 17.1 Å². The molecule has 5 nitrogen and oxygen atoms in total. The molecule has 2 aromatic heterocycles. The van der Waals surface area contributed by atoms with E-state index in [1.54, 1.807) is 37.7 Å². The summed E-state index contributed by atoms with van der Waals surface area (Å²) in [6, 6.07) is 7.09. The Hall–Kier alpha value is -2.43. The molecular weight excluding hydrogens is 254 g/mol. The summed E-state index contributed by atoms with van der Waals surface area (Å²) in [7, 11) is 1.57. The number of nitrogens with zero attached hydrogens (tertiary/aromatic N) is 2. The standard InChI is InChI=1S/C15H17N3O2/c1-3-7-17-15(19)11-6-8-16-13(9-11)12-4-5-14(20-2)18-10-12/h4-6,8-10H,3,7H2,1-2H3,(H,17,19). The predicted molar refractivity (Wildman–Crippen MR) is 76.6 cm³/mol. The van der Waals surface area contributed by atoms with Gasteiger partial charge < -0.3 is 10.1 Å². The first-order valence-electron chi connectivity index (χ1n) is 6.49. The molecule has 0 fully saturated rings. The van der Waals surface area contributed by atoms with E-state index in [0.29, 0.717) is 23.7 Å². The van der Waals surface area contributed by atoms with E-state index in [1.807, 2.05) is 13.0 Å². The average molecular weight is 271 g/mol. The van der Waals surface area contributed by atoms with Crippen molar-refractivity contribution in [1.82, 2.24) is 15.3 Å². The van der Waals surface area contributed by atoms with Crippen molar-refractivity contribution in [2.24, 2.45) is 0 Å². The van der Waals surface area contributed by atoms with Crippen LogP contribution in [0.5, 0.6) is 5.88 Å². The molecular formula is C15H17N3O2. The fraction of sp³-hybridized carbons (Fsp3) is 0.267. The quantitative estimate of drug-likeness (QED) is 0.906. The van der Waals surface area contributed by atoms with Gasteiger partial charge in [0.1, 0.15) is 0 Å². The number of methoxy groups -OCH3 is 1. The van der Waals surface area contributed by atoms with Gasteiger partial charge >= 0.3 is 0 Å². The number of pyridine rings is 2. The third kappa shape index (κ3) is 3.32. The largest absolute Gasteiger partial charge is 0.481 e. The number of carbonyl (C=O) groups excluding carboxylic acids is 1. The van der Waals surface area contributed by atoms with Crippen molar-refractivity contribution in [3.63, 3.8) is 0 Å². The van der Waals surface area contributed by atoms with E-state index in [-0.39, 0.29) is 5.91 Å². The minimum Gasteiger partial charge on any atom is -0.481 e. The average Bonchev–Trinajstić information content (AvgIpc) is 2.52. The van der Waals surface area contributed by atoms with Gasteiger partial charge in [0.25, 0.3) is 5.91 Å². The number of rotatable bonds is 5. The highest BCUT2D eigenvalue weighted by Gasteiger charge is 2.07. The topological polar surface area (TPSA) is 64.1 Å². The maximum atomic E-state index is 11.9. The first-order valence-corrected chi connectivity index (χ1v) is 6.49. The minimum atomic E-state index is -0.0861. The maximum absolute atomic E-state index is 11.9. The van der Waals surface area contributed by atoms with Gasteiger partial charge in [-0.15, -0.1) is 0 Å². The van der Waals surface area contributed by atoms with Crippen molar-refractivity contribution >= 4 is 5.91 Å². The van der Waals surface area contributed by atoms with E-state index in [2.05, 4.69) is 15.3 Å². The molecule has 0 aliphatic rings. The lowest BCUT2D eigenvalue weighted by molar-refractivity contribution is 0.0953. The molecule has 0 bridgehead atoms. The van der Waals surface area contributed by atoms with Crippen LogP contribution in [0.3, 0.4) is 0 Å². The van der Waals surface area contributed by atoms with Gasteiger partial charge in [-0.05, 0) is 24.6 Å². The van der Waals surface area contributed by atoms with Crippen LogP contribution in [-0.2, 0) is 0 Å². The molecule has 0 spiro atoms. The molecule has 0 atom stereocenters. The Morgan fingerprint density at radius 3 is 2.80 bits per heavy atom. The first kappa shape index (κ1) is 14.0. The number of carbonyl (C=O) groups is 1. The predicted octanol–water partition coefficient (Wildman–Crippen LogP) is 2.29. The van der Waals surface area contributed by atoms with Crippen molar-refractivity contribution in [3.05, 3.63) is 42.2 Å². The molecule has 0 radical (unpaired) electrons. The Morgan fingerprint density at radius 2 is 2.15 bits per heavy atom. The van der Waals surface area contributed by atoms with Crippen LogP contribution in [0, 0.1) is 0 Å². The molecule has 2 heterocycles. The molecule has 0 saturated carbocycles. The Labute approximate surface area is 118 Å². The zero-order chi connectivity index (χ0) is 14.4. The van der Waals surface area contributed by atoms with Gasteiger partial charge in [0.05, 0.1) is 12.8 Å². The highest BCUT2D eigenvalue weighted by molar-refractivity contribution is 5.95. The number of ether oxygens (including phenoxy) is 1. The Kier molecular flexibility index (Phi) is 4.65. The van der Waals surface area contributed by atoms with Crippen LogP contribution in [-0.4, -0.2) is 29.5 Å². The van der Waals surface area contributed by atoms with Gasteiger partial charge in [0.2, 0.25) is 5.88 Å². The van der Waals surface area contributed by atoms with E-state index in [1.165, 1.54) is 0 Å². The number of nitrogens with one attached hydrogen (secondary N) is 1. The van der Waals surface area contributed by atoms with Crippen molar-refractivity contribution in [2.45, 2.75) is 13.3 Å². The molecule has 1 N–H and O–H groups in total. The van der Waals surface area contributed by atoms with Gasteiger partial charge in [-0.2, -0.15) is 0 Å². The highest BCUT2D eigenvalue weighted by atomic mass is 16.5. The number of hydrogen-bond acceptors (Lipinski definition) is 4. The molecule has 1 amide bonds. The number of aromatic nitrogens is 2. The van der Waals surface area contributed by atoms with Crippen molar-refractivity contribution < 1.29 is 9.53 Å². The summed E-state index contributed by atoms with van der Waals surface area (Å²) in [6.07, 6.45) is 4.21. The molecule has 0 saturated heterocycles. The van der Waals surface area contributed by atoms with E-state index < -0.39 is 0 Å². The van der Waals surface area contributed by atoms with Gasteiger partial charge in [-0.3, -0.25) is 9.78 Å². The smallest absolute Gasteiger partial charge is 0.251 e. The lowest BCUT2D eigenvalue weighted by atomic mass is 10.1. The second-order valence-corrected chi connectivity index (χ2v) is 4.27. The second kappa shape index (κ2) is 6.65. The molecule has 2 rings (SSSR count). The maximum Gasteiger partial charge on any atom is 0.251 e. The number of amides is 1. The van der Waals surface area contributed by atoms with Gasteiger partial charge in [0.15, 0.2) is 0 Å². The lowest BCUT2D eigenvalue weighted by Crippen LogP contribution is -2.23. The van der Waals surface area contributed by atoms with Crippen LogP contribution in [0.1, 0.15) is 23.7 Å². The van der Waals surface area contributed by atoms with Crippen molar-refractivity contribution in [1.29, 1.82) is 0 Å². The third-order valence-electron chi connectivity index (χ3n) is 2.80. The summed E-state index contributed by atoms with van der Waals surface area (Å²) in [5.74, 6) is 0.461. The lowest BCUT2D eigenvalue weighted by Gasteiger charge is -2.06. The van der Waals surface area contributed by atoms with Crippen LogP contribution >= 0.6 is 0 Å². The van der Waals surface area contributed by atoms with E-state index >= 15 is 0 Å². The Bertz CT molecular complexity index is 582. The van der Waals surface area contributed by atoms with Crippen LogP contribution in [0.25, 0.3) is 11.3 Å². The summed E-state index contributed by atoms with van der Waals surface area (Å²) < 4.78 is 5.02. The van der Waals surface area contributed by atoms with Crippen LogP contribution in [0.2, 0.25) is 0 Å². The fourth-order valence-electron chi connectivity index (χ4n) is 1.72. The number of hydrogen-bond donors (Lipinski definition) is 1. The van der Waals surface area contributed by atoms with E-state index in [4.69, 9.17) is 4.74 Å². The second-order valence-electron chi connectivity index (χ2n) is 4.27. The molecule has 2 aromatic rings. The van der Waals surface area contributed by atoms with Gasteiger partial charge in [-0.25, -0.2) is 4.98 Å². The third-order valence-corrected chi connectivity index (χ3v) is 2.80. The van der Waals surface area contributed by atoms with Crippen LogP contribution in [0.4, 0.5) is 0 Å². The molecule has 20 heavy (non-hydrogen) atoms. The minimum absolute atomic E-state index is 0.0861. The SMILES string of the molecule is CCCNC(=O)c1ccnc(-c2ccc(OC)nc2)c1. The zero-order valence-corrected chi connectivity index (χ0v) is 11.6. The van der Waals surface area contributed by atoms with E-state index in [0.717, 1.165) is 12.0 Å². The summed E-state index contributed by atoms with van der Waals surface area (Å²) in [6.45, 7) is 2.68. The van der Waals surface area contributed by atoms with Gasteiger partial charge in [-0.1, -0.05) is 6.92 Å². The van der Waals surface area contributed by atoms with E-state index in [9.17, 15) is 4.79 Å². The molecule has 5 heteroatoms. The monoisotopic (exact) mass is 271 g/mol. The summed E-state index contributed by atoms with van der Waals surface area (Å²) in [5, 5.41) is 2.84. The first-order chi connectivity index (χ1) is 9.74. The normalized spacial score (nSPS) is 10.1. The Morgan fingerprint density at radius 1 is 1.30 bits per heavy atom. The molecule has 0 aliphatic carbocycles. The summed E-state index contributed by atoms with van der Waals surface area (Å²) in [5.41, 5.74) is 2.15. The molecule has 104 valence electrons. The molecule has 0 aliphatic heterocycles. The Balaban J connectivity index is 2.22. The molecule has 0 aromatic carbocycles. The summed E-state index contributed by atoms with van der Waals surface area (Å²) >= 11 is 0.